The first kappa shape index (κ1) is 9.68. The summed E-state index contributed by atoms with van der Waals surface area (Å²) in [6, 6.07) is 5.63. The van der Waals surface area contributed by atoms with Gasteiger partial charge < -0.3 is 10.4 Å². The van der Waals surface area contributed by atoms with Crippen molar-refractivity contribution in [2.75, 3.05) is 6.54 Å². The van der Waals surface area contributed by atoms with Crippen molar-refractivity contribution in [2.45, 2.75) is 12.5 Å². The summed E-state index contributed by atoms with van der Waals surface area (Å²) in [5.74, 6) is -0.883. The first-order valence-corrected chi connectivity index (χ1v) is 5.23. The molecule has 1 atom stereocenters. The molecule has 74 valence electrons. The van der Waals surface area contributed by atoms with Crippen LogP contribution in [0, 0.1) is 0 Å². The van der Waals surface area contributed by atoms with E-state index in [0.717, 1.165) is 23.0 Å². The van der Waals surface area contributed by atoms with Crippen molar-refractivity contribution in [3.05, 3.63) is 33.8 Å². The number of hydrogen-bond acceptors (Lipinski definition) is 2. The van der Waals surface area contributed by atoms with E-state index in [9.17, 15) is 4.79 Å². The maximum Gasteiger partial charge on any atom is 0.335 e. The van der Waals surface area contributed by atoms with Gasteiger partial charge in [0.25, 0.3) is 0 Å². The maximum absolute atomic E-state index is 10.8. The minimum absolute atomic E-state index is 0.325. The Labute approximate surface area is 90.3 Å². The van der Waals surface area contributed by atoms with Gasteiger partial charge in [0.05, 0.1) is 5.56 Å². The lowest BCUT2D eigenvalue weighted by Gasteiger charge is -2.28. The van der Waals surface area contributed by atoms with Crippen LogP contribution in [0.4, 0.5) is 0 Å². The van der Waals surface area contributed by atoms with Gasteiger partial charge in [0.1, 0.15) is 0 Å². The molecule has 1 saturated heterocycles. The quantitative estimate of drug-likeness (QED) is 0.852. The molecule has 1 aromatic carbocycles. The Morgan fingerprint density at radius 3 is 2.71 bits per heavy atom. The molecule has 0 amide bonds. The van der Waals surface area contributed by atoms with Crippen LogP contribution in [-0.2, 0) is 0 Å². The van der Waals surface area contributed by atoms with Crippen LogP contribution in [0.5, 0.6) is 0 Å². The highest BCUT2D eigenvalue weighted by atomic mass is 79.9. The number of benzene rings is 1. The van der Waals surface area contributed by atoms with Crippen LogP contribution >= 0.6 is 15.9 Å². The molecular weight excluding hydrogens is 246 g/mol. The molecule has 0 aromatic heterocycles. The molecule has 0 radical (unpaired) electrons. The van der Waals surface area contributed by atoms with E-state index >= 15 is 0 Å². The van der Waals surface area contributed by atoms with E-state index in [4.69, 9.17) is 5.11 Å². The summed E-state index contributed by atoms with van der Waals surface area (Å²) in [4.78, 5) is 10.8. The minimum Gasteiger partial charge on any atom is -0.478 e. The average molecular weight is 256 g/mol. The fourth-order valence-electron chi connectivity index (χ4n) is 1.51. The largest absolute Gasteiger partial charge is 0.478 e. The average Bonchev–Trinajstić information content (AvgIpc) is 1.99. The zero-order chi connectivity index (χ0) is 10.1. The zero-order valence-electron chi connectivity index (χ0n) is 7.46. The molecular formula is C10H10BrNO2. The summed E-state index contributed by atoms with van der Waals surface area (Å²) >= 11 is 3.31. The van der Waals surface area contributed by atoms with Gasteiger partial charge in [0, 0.05) is 10.5 Å². The number of nitrogens with one attached hydrogen (secondary N) is 1. The summed E-state index contributed by atoms with van der Waals surface area (Å²) in [5, 5.41) is 12.1. The Balaban J connectivity index is 2.35. The summed E-state index contributed by atoms with van der Waals surface area (Å²) in [7, 11) is 0. The van der Waals surface area contributed by atoms with Gasteiger partial charge in [-0.1, -0.05) is 15.9 Å². The fourth-order valence-corrected chi connectivity index (χ4v) is 2.02. The maximum atomic E-state index is 10.8. The number of carbonyl (C=O) groups is 1. The lowest BCUT2D eigenvalue weighted by Crippen LogP contribution is -2.35. The van der Waals surface area contributed by atoms with E-state index in [0.29, 0.717) is 11.6 Å². The lowest BCUT2D eigenvalue weighted by molar-refractivity contribution is 0.0696. The highest BCUT2D eigenvalue weighted by Crippen LogP contribution is 2.26. The molecule has 14 heavy (non-hydrogen) atoms. The van der Waals surface area contributed by atoms with Gasteiger partial charge in [-0.3, -0.25) is 0 Å². The van der Waals surface area contributed by atoms with Crippen molar-refractivity contribution >= 4 is 21.9 Å². The molecule has 2 N–H and O–H groups in total. The van der Waals surface area contributed by atoms with Crippen molar-refractivity contribution < 1.29 is 9.90 Å². The molecule has 1 heterocycles. The van der Waals surface area contributed by atoms with Gasteiger partial charge in [-0.15, -0.1) is 0 Å². The molecule has 1 aliphatic heterocycles. The minimum atomic E-state index is -0.883. The third-order valence-corrected chi connectivity index (χ3v) is 2.85. The van der Waals surface area contributed by atoms with Crippen LogP contribution < -0.4 is 5.32 Å². The predicted molar refractivity (Wildman–Crippen MR) is 56.5 cm³/mol. The Hall–Kier alpha value is -0.870. The van der Waals surface area contributed by atoms with Crippen molar-refractivity contribution in [1.82, 2.24) is 5.32 Å². The van der Waals surface area contributed by atoms with Crippen LogP contribution in [0.2, 0.25) is 0 Å². The van der Waals surface area contributed by atoms with Crippen molar-refractivity contribution in [1.29, 1.82) is 0 Å². The fraction of sp³-hybridized carbons (Fsp3) is 0.300. The first-order chi connectivity index (χ1) is 6.66. The van der Waals surface area contributed by atoms with E-state index in [-0.39, 0.29) is 0 Å². The zero-order valence-corrected chi connectivity index (χ0v) is 9.04. The van der Waals surface area contributed by atoms with E-state index in [1.54, 1.807) is 12.1 Å². The second-order valence-corrected chi connectivity index (χ2v) is 4.29. The number of aromatic carboxylic acids is 1. The van der Waals surface area contributed by atoms with Crippen LogP contribution in [0.25, 0.3) is 0 Å². The molecule has 1 aromatic rings. The van der Waals surface area contributed by atoms with Crippen LogP contribution in [0.15, 0.2) is 22.7 Å². The van der Waals surface area contributed by atoms with E-state index < -0.39 is 5.97 Å². The molecule has 4 heteroatoms. The standard InChI is InChI=1S/C10H10BrNO2/c11-8-4-6(9-1-2-12-9)3-7(5-8)10(13)14/h3-5,9,12H,1-2H2,(H,13,14)/t9-/m0/s1. The van der Waals surface area contributed by atoms with Gasteiger partial charge in [-0.2, -0.15) is 0 Å². The van der Waals surface area contributed by atoms with Gasteiger partial charge in [-0.25, -0.2) is 4.79 Å². The normalized spacial score (nSPS) is 20.2. The smallest absolute Gasteiger partial charge is 0.335 e. The molecule has 0 bridgehead atoms. The molecule has 0 unspecified atom stereocenters. The Morgan fingerprint density at radius 1 is 1.50 bits per heavy atom. The SMILES string of the molecule is O=C(O)c1cc(Br)cc([C@@H]2CCN2)c1. The van der Waals surface area contributed by atoms with E-state index in [2.05, 4.69) is 21.2 Å². The molecule has 0 aliphatic carbocycles. The number of halogens is 1. The third kappa shape index (κ3) is 1.81. The van der Waals surface area contributed by atoms with Crippen molar-refractivity contribution in [2.24, 2.45) is 0 Å². The third-order valence-electron chi connectivity index (χ3n) is 2.39. The summed E-state index contributed by atoms with van der Waals surface area (Å²) in [5.41, 5.74) is 1.38. The molecule has 3 nitrogen and oxygen atoms in total. The van der Waals surface area contributed by atoms with Crippen molar-refractivity contribution in [3.63, 3.8) is 0 Å². The van der Waals surface area contributed by atoms with E-state index in [1.807, 2.05) is 6.07 Å². The molecule has 1 fully saturated rings. The van der Waals surface area contributed by atoms with Gasteiger partial charge in [0.15, 0.2) is 0 Å². The number of hydrogen-bond donors (Lipinski definition) is 2. The summed E-state index contributed by atoms with van der Waals surface area (Å²) < 4.78 is 0.820. The Bertz CT molecular complexity index is 374. The predicted octanol–water partition coefficient (Wildman–Crippen LogP) is 2.18. The first-order valence-electron chi connectivity index (χ1n) is 4.44. The van der Waals surface area contributed by atoms with Gasteiger partial charge >= 0.3 is 5.97 Å². The molecule has 0 saturated carbocycles. The van der Waals surface area contributed by atoms with E-state index in [1.165, 1.54) is 0 Å². The Morgan fingerprint density at radius 2 is 2.21 bits per heavy atom. The molecule has 1 aliphatic rings. The molecule has 0 spiro atoms. The van der Waals surface area contributed by atoms with Crippen LogP contribution in [0.3, 0.4) is 0 Å². The summed E-state index contributed by atoms with van der Waals surface area (Å²) in [6.07, 6.45) is 1.08. The monoisotopic (exact) mass is 255 g/mol. The highest BCUT2D eigenvalue weighted by Gasteiger charge is 2.19. The summed E-state index contributed by atoms with van der Waals surface area (Å²) in [6.45, 7) is 1.01. The molecule has 2 rings (SSSR count). The number of rotatable bonds is 2. The van der Waals surface area contributed by atoms with Crippen molar-refractivity contribution in [3.8, 4) is 0 Å². The second kappa shape index (κ2) is 3.71. The van der Waals surface area contributed by atoms with Crippen LogP contribution in [-0.4, -0.2) is 17.6 Å². The number of carboxylic acid groups (broad SMARTS) is 1. The second-order valence-electron chi connectivity index (χ2n) is 3.37. The highest BCUT2D eigenvalue weighted by molar-refractivity contribution is 9.10. The topological polar surface area (TPSA) is 49.3 Å². The van der Waals surface area contributed by atoms with Gasteiger partial charge in [0.2, 0.25) is 0 Å². The van der Waals surface area contributed by atoms with Gasteiger partial charge in [-0.05, 0) is 36.7 Å². The number of carboxylic acids is 1. The van der Waals surface area contributed by atoms with Crippen LogP contribution in [0.1, 0.15) is 28.4 Å². The Kier molecular flexibility index (Phi) is 2.56. The lowest BCUT2D eigenvalue weighted by atomic mass is 9.96.